The number of nitrogens with zero attached hydrogens (tertiary/aromatic N) is 1. The molecule has 1 aliphatic rings. The fourth-order valence-electron chi connectivity index (χ4n) is 2.24. The molecule has 0 saturated carbocycles. The number of aromatic amines is 1. The fraction of sp³-hybridized carbons (Fsp3) is 0.667. The lowest BCUT2D eigenvalue weighted by atomic mass is 10.2. The van der Waals surface area contributed by atoms with E-state index >= 15 is 0 Å². The highest BCUT2D eigenvalue weighted by atomic mass is 32.2. The average molecular weight is 286 g/mol. The second-order valence-electron chi connectivity index (χ2n) is 4.69. The van der Waals surface area contributed by atoms with Crippen molar-refractivity contribution in [1.82, 2.24) is 9.55 Å². The van der Waals surface area contributed by atoms with E-state index in [0.717, 1.165) is 6.42 Å². The van der Waals surface area contributed by atoms with Gasteiger partial charge in [0.15, 0.2) is 0 Å². The van der Waals surface area contributed by atoms with Crippen LogP contribution in [0.3, 0.4) is 0 Å². The van der Waals surface area contributed by atoms with Crippen LogP contribution < -0.4 is 11.2 Å². The molecule has 0 aliphatic carbocycles. The molecule has 1 aromatic heterocycles. The number of aromatic nitrogens is 2. The number of rotatable bonds is 4. The molecule has 1 aliphatic heterocycles. The zero-order chi connectivity index (χ0) is 14.0. The van der Waals surface area contributed by atoms with Crippen LogP contribution in [-0.2, 0) is 6.42 Å². The lowest BCUT2D eigenvalue weighted by Crippen LogP contribution is -2.33. The summed E-state index contributed by atoms with van der Waals surface area (Å²) < 4.78 is 1.45. The van der Waals surface area contributed by atoms with Gasteiger partial charge in [-0.3, -0.25) is 14.3 Å². The van der Waals surface area contributed by atoms with Crippen LogP contribution in [0.1, 0.15) is 30.7 Å². The van der Waals surface area contributed by atoms with Gasteiger partial charge < -0.3 is 10.2 Å². The molecule has 0 spiro atoms. The summed E-state index contributed by atoms with van der Waals surface area (Å²) in [5, 5.41) is 18.4. The zero-order valence-corrected chi connectivity index (χ0v) is 11.5. The molecular formula is C12H18N2O4S. The topological polar surface area (TPSA) is 95.3 Å². The Morgan fingerprint density at radius 3 is 2.84 bits per heavy atom. The first-order valence-corrected chi connectivity index (χ1v) is 7.29. The molecule has 6 nitrogen and oxygen atoms in total. The number of nitrogens with one attached hydrogen (secondary N) is 1. The molecule has 1 aromatic rings. The van der Waals surface area contributed by atoms with E-state index in [1.165, 1.54) is 16.3 Å². The third kappa shape index (κ3) is 2.93. The number of aliphatic hydroxyl groups excluding tert-OH is 2. The molecule has 19 heavy (non-hydrogen) atoms. The fourth-order valence-corrected chi connectivity index (χ4v) is 3.62. The summed E-state index contributed by atoms with van der Waals surface area (Å²) >= 11 is 1.36. The third-order valence-electron chi connectivity index (χ3n) is 3.26. The first kappa shape index (κ1) is 14.4. The maximum absolute atomic E-state index is 11.8. The van der Waals surface area contributed by atoms with Crippen LogP contribution in [-0.4, -0.2) is 37.7 Å². The Labute approximate surface area is 114 Å². The number of H-pyrrole nitrogens is 1. The molecule has 3 N–H and O–H groups in total. The van der Waals surface area contributed by atoms with Gasteiger partial charge in [0.25, 0.3) is 5.56 Å². The highest BCUT2D eigenvalue weighted by Crippen LogP contribution is 2.40. The molecule has 1 saturated heterocycles. The molecule has 0 amide bonds. The quantitative estimate of drug-likeness (QED) is 0.715. The highest BCUT2D eigenvalue weighted by molar-refractivity contribution is 8.00. The Balaban J connectivity index is 2.33. The first-order chi connectivity index (χ1) is 9.06. The van der Waals surface area contributed by atoms with Gasteiger partial charge in [0.05, 0.1) is 23.3 Å². The van der Waals surface area contributed by atoms with Crippen LogP contribution in [0.5, 0.6) is 0 Å². The van der Waals surface area contributed by atoms with E-state index in [-0.39, 0.29) is 22.8 Å². The summed E-state index contributed by atoms with van der Waals surface area (Å²) in [6.07, 6.45) is 2.77. The van der Waals surface area contributed by atoms with Crippen molar-refractivity contribution in [1.29, 1.82) is 0 Å². The van der Waals surface area contributed by atoms with Crippen molar-refractivity contribution < 1.29 is 10.2 Å². The Kier molecular flexibility index (Phi) is 4.49. The van der Waals surface area contributed by atoms with E-state index in [4.69, 9.17) is 5.11 Å². The zero-order valence-electron chi connectivity index (χ0n) is 10.7. The SMILES string of the molecule is CCCc1cn([C@@H]2CC(O)[C@@H](CO)S2)c(=O)[nH]c1=O. The van der Waals surface area contributed by atoms with Crippen LogP contribution in [0.4, 0.5) is 0 Å². The third-order valence-corrected chi connectivity index (χ3v) is 4.80. The monoisotopic (exact) mass is 286 g/mol. The second-order valence-corrected chi connectivity index (χ2v) is 6.11. The Hall–Kier alpha value is -1.05. The van der Waals surface area contributed by atoms with Gasteiger partial charge in [0, 0.05) is 18.2 Å². The van der Waals surface area contributed by atoms with E-state index < -0.39 is 11.8 Å². The molecule has 1 unspecified atom stereocenters. The van der Waals surface area contributed by atoms with Gasteiger partial charge in [0.1, 0.15) is 0 Å². The van der Waals surface area contributed by atoms with Gasteiger partial charge in [-0.2, -0.15) is 0 Å². The van der Waals surface area contributed by atoms with Gasteiger partial charge in [0.2, 0.25) is 0 Å². The van der Waals surface area contributed by atoms with Crippen molar-refractivity contribution in [2.45, 2.75) is 42.9 Å². The first-order valence-electron chi connectivity index (χ1n) is 6.35. The standard InChI is InChI=1S/C12H18N2O4S/c1-2-3-7-5-14(12(18)13-11(7)17)10-4-8(16)9(6-15)19-10/h5,8-10,15-16H,2-4,6H2,1H3,(H,13,17,18)/t8?,9-,10+/m1/s1. The van der Waals surface area contributed by atoms with Crippen molar-refractivity contribution >= 4 is 11.8 Å². The lowest BCUT2D eigenvalue weighted by molar-refractivity contribution is 0.137. The Morgan fingerprint density at radius 1 is 1.53 bits per heavy atom. The highest BCUT2D eigenvalue weighted by Gasteiger charge is 2.34. The summed E-state index contributed by atoms with van der Waals surface area (Å²) in [6, 6.07) is 0. The molecule has 0 bridgehead atoms. The van der Waals surface area contributed by atoms with E-state index in [2.05, 4.69) is 4.98 Å². The van der Waals surface area contributed by atoms with Gasteiger partial charge >= 0.3 is 5.69 Å². The molecule has 2 rings (SSSR count). The van der Waals surface area contributed by atoms with Crippen molar-refractivity contribution in [3.8, 4) is 0 Å². The summed E-state index contributed by atoms with van der Waals surface area (Å²) in [6.45, 7) is 1.84. The number of hydrogen-bond donors (Lipinski definition) is 3. The Morgan fingerprint density at radius 2 is 2.26 bits per heavy atom. The van der Waals surface area contributed by atoms with Crippen LogP contribution in [0, 0.1) is 0 Å². The van der Waals surface area contributed by atoms with Crippen molar-refractivity contribution in [2.75, 3.05) is 6.61 Å². The predicted octanol–water partition coefficient (Wildman–Crippen LogP) is -0.154. The van der Waals surface area contributed by atoms with E-state index in [9.17, 15) is 14.7 Å². The summed E-state index contributed by atoms with van der Waals surface area (Å²) in [4.78, 5) is 25.8. The molecule has 1 fully saturated rings. The predicted molar refractivity (Wildman–Crippen MR) is 73.4 cm³/mol. The van der Waals surface area contributed by atoms with Crippen LogP contribution in [0.2, 0.25) is 0 Å². The van der Waals surface area contributed by atoms with Gasteiger partial charge in [-0.25, -0.2) is 4.79 Å². The number of thioether (sulfide) groups is 1. The summed E-state index contributed by atoms with van der Waals surface area (Å²) in [5.41, 5.74) is -0.233. The molecule has 7 heteroatoms. The van der Waals surface area contributed by atoms with Crippen LogP contribution in [0.15, 0.2) is 15.8 Å². The van der Waals surface area contributed by atoms with Gasteiger partial charge in [-0.05, 0) is 6.42 Å². The molecule has 3 atom stereocenters. The van der Waals surface area contributed by atoms with Gasteiger partial charge in [-0.1, -0.05) is 13.3 Å². The lowest BCUT2D eigenvalue weighted by Gasteiger charge is -2.13. The maximum atomic E-state index is 11.8. The minimum absolute atomic E-state index is 0.123. The number of aliphatic hydroxyl groups is 2. The molecular weight excluding hydrogens is 268 g/mol. The van der Waals surface area contributed by atoms with Crippen LogP contribution in [0.25, 0.3) is 0 Å². The van der Waals surface area contributed by atoms with E-state index in [1.54, 1.807) is 6.20 Å². The molecule has 106 valence electrons. The van der Waals surface area contributed by atoms with Crippen molar-refractivity contribution in [2.24, 2.45) is 0 Å². The molecule has 2 heterocycles. The van der Waals surface area contributed by atoms with Crippen LogP contribution >= 0.6 is 11.8 Å². The van der Waals surface area contributed by atoms with Gasteiger partial charge in [-0.15, -0.1) is 11.8 Å². The molecule has 0 radical (unpaired) electrons. The summed E-state index contributed by atoms with van der Waals surface area (Å²) in [7, 11) is 0. The minimum atomic E-state index is -0.631. The van der Waals surface area contributed by atoms with Crippen molar-refractivity contribution in [3.05, 3.63) is 32.6 Å². The summed E-state index contributed by atoms with van der Waals surface area (Å²) in [5.74, 6) is 0. The largest absolute Gasteiger partial charge is 0.395 e. The van der Waals surface area contributed by atoms with Crippen molar-refractivity contribution in [3.63, 3.8) is 0 Å². The van der Waals surface area contributed by atoms with E-state index in [0.29, 0.717) is 18.4 Å². The van der Waals surface area contributed by atoms with E-state index in [1.807, 2.05) is 6.92 Å². The minimum Gasteiger partial charge on any atom is -0.395 e. The smallest absolute Gasteiger partial charge is 0.329 e. The average Bonchev–Trinajstić information content (AvgIpc) is 2.74. The molecule has 0 aromatic carbocycles. The number of aryl methyl sites for hydroxylation is 1. The normalized spacial score (nSPS) is 26.8. The Bertz CT molecular complexity index is 553. The number of hydrogen-bond acceptors (Lipinski definition) is 5. The maximum Gasteiger partial charge on any atom is 0.329 e. The second kappa shape index (κ2) is 5.94.